The van der Waals surface area contributed by atoms with Crippen LogP contribution in [-0.4, -0.2) is 44.6 Å². The van der Waals surface area contributed by atoms with Crippen molar-refractivity contribution < 1.29 is 4.79 Å². The second kappa shape index (κ2) is 8.73. The van der Waals surface area contributed by atoms with Crippen molar-refractivity contribution in [2.75, 3.05) is 24.3 Å². The Kier molecular flexibility index (Phi) is 5.45. The lowest BCUT2D eigenvalue weighted by Crippen LogP contribution is -2.27. The first-order valence-corrected chi connectivity index (χ1v) is 11.1. The number of rotatable bonds is 5. The van der Waals surface area contributed by atoms with Crippen molar-refractivity contribution in [1.82, 2.24) is 24.6 Å². The smallest absolute Gasteiger partial charge is 0.278 e. The third kappa shape index (κ3) is 3.85. The Hall–Kier alpha value is -4.62. The molecule has 1 N–H and O–H groups in total. The van der Waals surface area contributed by atoms with E-state index in [1.165, 1.54) is 16.2 Å². The molecule has 0 bridgehead atoms. The second-order valence-corrected chi connectivity index (χ2v) is 8.38. The summed E-state index contributed by atoms with van der Waals surface area (Å²) in [5.41, 5.74) is 4.88. The fourth-order valence-electron chi connectivity index (χ4n) is 3.49. The van der Waals surface area contributed by atoms with Crippen molar-refractivity contribution in [3.63, 3.8) is 0 Å². The highest BCUT2D eigenvalue weighted by atomic mass is 32.1. The fraction of sp³-hybridized carbons (Fsp3) is 0.0833. The number of nitrogens with one attached hydrogen (secondary N) is 1. The normalized spacial score (nSPS) is 10.7. The molecule has 2 aromatic carbocycles. The molecule has 34 heavy (non-hydrogen) atoms. The first kappa shape index (κ1) is 21.2. The van der Waals surface area contributed by atoms with E-state index in [-0.39, 0.29) is 11.6 Å². The molecule has 166 valence electrons. The molecule has 0 radical (unpaired) electrons. The summed E-state index contributed by atoms with van der Waals surface area (Å²) in [5.74, 6) is -0.266. The number of imidazole rings is 1. The summed E-state index contributed by atoms with van der Waals surface area (Å²) in [6.45, 7) is 0. The van der Waals surface area contributed by atoms with Gasteiger partial charge < -0.3 is 10.2 Å². The van der Waals surface area contributed by atoms with Gasteiger partial charge in [-0.3, -0.25) is 9.20 Å². The van der Waals surface area contributed by atoms with E-state index in [2.05, 4.69) is 31.6 Å². The summed E-state index contributed by atoms with van der Waals surface area (Å²) in [7, 11) is 3.49. The SMILES string of the molecule is CNc1nnc(-c2ccc(-c3cnc4cnc(C(=O)N(C)c5ccc(C#N)cc5)cn34)cc2)s1. The lowest BCUT2D eigenvalue weighted by molar-refractivity contribution is 0.0988. The van der Waals surface area contributed by atoms with Crippen LogP contribution in [0.15, 0.2) is 67.1 Å². The van der Waals surface area contributed by atoms with Crippen molar-refractivity contribution in [2.45, 2.75) is 0 Å². The van der Waals surface area contributed by atoms with E-state index in [0.29, 0.717) is 16.9 Å². The number of fused-ring (bicyclic) bond motifs is 1. The van der Waals surface area contributed by atoms with Gasteiger partial charge in [-0.15, -0.1) is 10.2 Å². The minimum Gasteiger partial charge on any atom is -0.363 e. The van der Waals surface area contributed by atoms with Crippen molar-refractivity contribution in [3.8, 4) is 27.9 Å². The Morgan fingerprint density at radius 3 is 2.44 bits per heavy atom. The molecule has 0 atom stereocenters. The molecule has 0 aliphatic carbocycles. The number of hydrogen-bond donors (Lipinski definition) is 1. The largest absolute Gasteiger partial charge is 0.363 e. The number of benzene rings is 2. The van der Waals surface area contributed by atoms with Gasteiger partial charge in [0.15, 0.2) is 5.65 Å². The van der Waals surface area contributed by atoms with Crippen LogP contribution >= 0.6 is 11.3 Å². The molecular formula is C24H18N8OS. The maximum atomic E-state index is 13.1. The molecule has 0 unspecified atom stereocenters. The average Bonchev–Trinajstić information content (AvgIpc) is 3.55. The van der Waals surface area contributed by atoms with Gasteiger partial charge in [0.1, 0.15) is 10.7 Å². The Balaban J connectivity index is 1.44. The number of aromatic nitrogens is 5. The minimum absolute atomic E-state index is 0.266. The fourth-order valence-corrected chi connectivity index (χ4v) is 4.19. The van der Waals surface area contributed by atoms with Gasteiger partial charge in [0, 0.05) is 37.1 Å². The maximum Gasteiger partial charge on any atom is 0.278 e. The van der Waals surface area contributed by atoms with Gasteiger partial charge in [-0.05, 0) is 24.3 Å². The maximum absolute atomic E-state index is 13.1. The Morgan fingerprint density at radius 2 is 1.76 bits per heavy atom. The van der Waals surface area contributed by atoms with Gasteiger partial charge in [-0.2, -0.15) is 5.26 Å². The summed E-state index contributed by atoms with van der Waals surface area (Å²) in [6.07, 6.45) is 5.03. The van der Waals surface area contributed by atoms with E-state index in [9.17, 15) is 4.79 Å². The zero-order valence-corrected chi connectivity index (χ0v) is 19.1. The minimum atomic E-state index is -0.266. The van der Waals surface area contributed by atoms with Gasteiger partial charge in [0.2, 0.25) is 5.13 Å². The molecule has 0 saturated heterocycles. The molecule has 0 saturated carbocycles. The molecule has 0 fully saturated rings. The second-order valence-electron chi connectivity index (χ2n) is 7.41. The van der Waals surface area contributed by atoms with Crippen LogP contribution in [0, 0.1) is 11.3 Å². The van der Waals surface area contributed by atoms with Gasteiger partial charge in [0.25, 0.3) is 5.91 Å². The highest BCUT2D eigenvalue weighted by Crippen LogP contribution is 2.29. The third-order valence-electron chi connectivity index (χ3n) is 5.37. The lowest BCUT2D eigenvalue weighted by Gasteiger charge is -2.17. The molecule has 10 heteroatoms. The number of carbonyl (C=O) groups is 1. The summed E-state index contributed by atoms with van der Waals surface area (Å²) >= 11 is 1.48. The summed E-state index contributed by atoms with van der Waals surface area (Å²) in [4.78, 5) is 23.3. The quantitative estimate of drug-likeness (QED) is 0.415. The van der Waals surface area contributed by atoms with Crippen LogP contribution in [0.4, 0.5) is 10.8 Å². The molecule has 0 aliphatic heterocycles. The van der Waals surface area contributed by atoms with E-state index in [0.717, 1.165) is 27.0 Å². The van der Waals surface area contributed by atoms with Crippen molar-refractivity contribution >= 4 is 33.7 Å². The van der Waals surface area contributed by atoms with Crippen LogP contribution in [0.1, 0.15) is 16.1 Å². The summed E-state index contributed by atoms with van der Waals surface area (Å²) < 4.78 is 1.85. The number of carbonyl (C=O) groups excluding carboxylic acids is 1. The van der Waals surface area contributed by atoms with E-state index >= 15 is 0 Å². The topological polar surface area (TPSA) is 112 Å². The predicted octanol–water partition coefficient (Wildman–Crippen LogP) is 4.10. The highest BCUT2D eigenvalue weighted by molar-refractivity contribution is 7.18. The molecule has 0 aliphatic rings. The number of nitrogens with zero attached hydrogens (tertiary/aromatic N) is 7. The van der Waals surface area contributed by atoms with Crippen LogP contribution in [0.25, 0.3) is 27.5 Å². The van der Waals surface area contributed by atoms with Crippen molar-refractivity contribution in [1.29, 1.82) is 5.26 Å². The van der Waals surface area contributed by atoms with Crippen LogP contribution in [-0.2, 0) is 0 Å². The van der Waals surface area contributed by atoms with Gasteiger partial charge in [-0.1, -0.05) is 35.6 Å². The zero-order valence-electron chi connectivity index (χ0n) is 18.3. The monoisotopic (exact) mass is 466 g/mol. The first-order valence-electron chi connectivity index (χ1n) is 10.3. The number of anilines is 2. The number of nitriles is 1. The summed E-state index contributed by atoms with van der Waals surface area (Å²) in [6, 6.07) is 16.8. The van der Waals surface area contributed by atoms with Crippen LogP contribution in [0.5, 0.6) is 0 Å². The Bertz CT molecular complexity index is 1530. The zero-order chi connectivity index (χ0) is 23.7. The van der Waals surface area contributed by atoms with Crippen LogP contribution in [0.3, 0.4) is 0 Å². The number of amides is 1. The van der Waals surface area contributed by atoms with Gasteiger partial charge >= 0.3 is 0 Å². The molecule has 5 rings (SSSR count). The molecular weight excluding hydrogens is 448 g/mol. The van der Waals surface area contributed by atoms with Crippen LogP contribution in [0.2, 0.25) is 0 Å². The number of hydrogen-bond acceptors (Lipinski definition) is 8. The predicted molar refractivity (Wildman–Crippen MR) is 131 cm³/mol. The molecule has 0 spiro atoms. The molecule has 3 heterocycles. The lowest BCUT2D eigenvalue weighted by atomic mass is 10.1. The average molecular weight is 467 g/mol. The van der Waals surface area contributed by atoms with Crippen molar-refractivity contribution in [2.24, 2.45) is 0 Å². The van der Waals surface area contributed by atoms with E-state index in [1.807, 2.05) is 35.7 Å². The molecule has 3 aromatic heterocycles. The third-order valence-corrected chi connectivity index (χ3v) is 6.36. The molecule has 1 amide bonds. The van der Waals surface area contributed by atoms with Gasteiger partial charge in [0.05, 0.1) is 29.7 Å². The Morgan fingerprint density at radius 1 is 1.03 bits per heavy atom. The van der Waals surface area contributed by atoms with E-state index in [4.69, 9.17) is 5.26 Å². The van der Waals surface area contributed by atoms with Crippen LogP contribution < -0.4 is 10.2 Å². The van der Waals surface area contributed by atoms with Crippen molar-refractivity contribution in [3.05, 3.63) is 78.4 Å². The van der Waals surface area contributed by atoms with E-state index in [1.54, 1.807) is 49.9 Å². The highest BCUT2D eigenvalue weighted by Gasteiger charge is 2.17. The summed E-state index contributed by atoms with van der Waals surface area (Å²) in [5, 5.41) is 21.9. The first-order chi connectivity index (χ1) is 16.6. The molecule has 5 aromatic rings. The van der Waals surface area contributed by atoms with E-state index < -0.39 is 0 Å². The van der Waals surface area contributed by atoms with Gasteiger partial charge in [-0.25, -0.2) is 9.97 Å². The Labute approximate surface area is 199 Å². The standard InChI is InChI=1S/C24H18N8OS/c1-26-24-30-29-22(34-24)17-7-5-16(6-8-17)20-12-28-21-13-27-19(14-32(20)21)23(33)31(2)18-9-3-15(11-25)4-10-18/h3-10,12-14H,1-2H3,(H,26,30). The molecule has 9 nitrogen and oxygen atoms in total.